The fraction of sp³-hybridized carbons (Fsp3) is 0.750. The highest BCUT2D eigenvalue weighted by Crippen LogP contribution is 2.38. The summed E-state index contributed by atoms with van der Waals surface area (Å²) < 4.78 is 49.3. The van der Waals surface area contributed by atoms with Gasteiger partial charge in [-0.05, 0) is 25.3 Å². The maximum Gasteiger partial charge on any atom is 0.426 e. The fourth-order valence-corrected chi connectivity index (χ4v) is 1.23. The van der Waals surface area contributed by atoms with Crippen molar-refractivity contribution in [3.8, 4) is 0 Å². The van der Waals surface area contributed by atoms with Crippen LogP contribution in [-0.2, 0) is 0 Å². The normalized spacial score (nSPS) is 16.7. The Balaban J connectivity index is 4.21. The smallest absolute Gasteiger partial charge is 0.229 e. The van der Waals surface area contributed by atoms with E-state index in [1.165, 1.54) is 0 Å². The van der Waals surface area contributed by atoms with Crippen LogP contribution in [0.1, 0.15) is 19.3 Å². The van der Waals surface area contributed by atoms with Gasteiger partial charge in [-0.1, -0.05) is 22.5 Å². The Morgan fingerprint density at radius 3 is 2.00 bits per heavy atom. The second-order valence-corrected chi connectivity index (χ2v) is 3.50. The lowest BCUT2D eigenvalue weighted by Gasteiger charge is -2.24. The van der Waals surface area contributed by atoms with Crippen LogP contribution in [0.2, 0.25) is 0 Å². The molecule has 5 heteroatoms. The summed E-state index contributed by atoms with van der Waals surface area (Å²) >= 11 is 3.06. The molecule has 0 radical (unpaired) electrons. The minimum absolute atomic E-state index is 0.188. The van der Waals surface area contributed by atoms with Crippen LogP contribution in [-0.4, -0.2) is 17.2 Å². The zero-order valence-electron chi connectivity index (χ0n) is 7.00. The molecule has 0 heterocycles. The van der Waals surface area contributed by atoms with Gasteiger partial charge in [-0.15, -0.1) is 0 Å². The molecule has 0 spiro atoms. The molecular formula is C8H11BrF4. The SMILES string of the molecule is C=CC(F)(CCCCBr)C(F)(F)F. The van der Waals surface area contributed by atoms with Gasteiger partial charge < -0.3 is 0 Å². The Kier molecular flexibility index (Phi) is 4.96. The van der Waals surface area contributed by atoms with Crippen LogP contribution in [0.15, 0.2) is 12.7 Å². The molecule has 0 aliphatic heterocycles. The molecule has 0 fully saturated rings. The first kappa shape index (κ1) is 12.9. The van der Waals surface area contributed by atoms with Crippen LogP contribution in [0, 0.1) is 0 Å². The number of hydrogen-bond acceptors (Lipinski definition) is 0. The van der Waals surface area contributed by atoms with Crippen LogP contribution >= 0.6 is 15.9 Å². The average molecular weight is 263 g/mol. The Labute approximate surface area is 83.1 Å². The lowest BCUT2D eigenvalue weighted by Crippen LogP contribution is -2.38. The molecule has 0 aliphatic rings. The molecule has 0 aromatic rings. The molecule has 13 heavy (non-hydrogen) atoms. The van der Waals surface area contributed by atoms with Crippen molar-refractivity contribution in [1.82, 2.24) is 0 Å². The van der Waals surface area contributed by atoms with Crippen molar-refractivity contribution in [2.24, 2.45) is 0 Å². The summed E-state index contributed by atoms with van der Waals surface area (Å²) in [6.45, 7) is 2.87. The van der Waals surface area contributed by atoms with Crippen molar-refractivity contribution in [3.63, 3.8) is 0 Å². The lowest BCUT2D eigenvalue weighted by molar-refractivity contribution is -0.214. The quantitative estimate of drug-likeness (QED) is 0.304. The summed E-state index contributed by atoms with van der Waals surface area (Å²) in [6.07, 6.45) is -4.35. The maximum atomic E-state index is 13.1. The molecule has 0 amide bonds. The molecular weight excluding hydrogens is 252 g/mol. The maximum absolute atomic E-state index is 13.1. The minimum atomic E-state index is -4.85. The summed E-state index contributed by atoms with van der Waals surface area (Å²) in [5.74, 6) is 0. The van der Waals surface area contributed by atoms with E-state index in [9.17, 15) is 17.6 Å². The van der Waals surface area contributed by atoms with E-state index in [4.69, 9.17) is 0 Å². The van der Waals surface area contributed by atoms with E-state index in [0.29, 0.717) is 17.8 Å². The van der Waals surface area contributed by atoms with Crippen molar-refractivity contribution in [2.45, 2.75) is 31.1 Å². The van der Waals surface area contributed by atoms with Crippen LogP contribution in [0.5, 0.6) is 0 Å². The molecule has 1 atom stereocenters. The highest BCUT2D eigenvalue weighted by atomic mass is 79.9. The van der Waals surface area contributed by atoms with Gasteiger partial charge in [0.05, 0.1) is 0 Å². The first-order valence-electron chi connectivity index (χ1n) is 3.82. The zero-order valence-corrected chi connectivity index (χ0v) is 8.59. The van der Waals surface area contributed by atoms with Gasteiger partial charge in [-0.3, -0.25) is 0 Å². The van der Waals surface area contributed by atoms with E-state index in [1.807, 2.05) is 0 Å². The lowest BCUT2D eigenvalue weighted by atomic mass is 9.98. The molecule has 78 valence electrons. The average Bonchev–Trinajstić information content (AvgIpc) is 2.02. The predicted octanol–water partition coefficient (Wildman–Crippen LogP) is 4.01. The van der Waals surface area contributed by atoms with Crippen molar-refractivity contribution in [3.05, 3.63) is 12.7 Å². The van der Waals surface area contributed by atoms with Crippen molar-refractivity contribution in [2.75, 3.05) is 5.33 Å². The third kappa shape index (κ3) is 3.67. The molecule has 1 unspecified atom stereocenters. The van der Waals surface area contributed by atoms with Gasteiger partial charge in [0.15, 0.2) is 0 Å². The zero-order chi connectivity index (χ0) is 10.5. The van der Waals surface area contributed by atoms with Crippen LogP contribution in [0.3, 0.4) is 0 Å². The van der Waals surface area contributed by atoms with E-state index < -0.39 is 18.3 Å². The van der Waals surface area contributed by atoms with Gasteiger partial charge in [0.25, 0.3) is 0 Å². The monoisotopic (exact) mass is 262 g/mol. The topological polar surface area (TPSA) is 0 Å². The standard InChI is InChI=1S/C8H11BrF4/c1-2-7(10,8(11,12)13)5-3-4-6-9/h2H,1,3-6H2. The third-order valence-electron chi connectivity index (χ3n) is 1.72. The molecule has 0 rings (SSSR count). The van der Waals surface area contributed by atoms with Gasteiger partial charge in [0.1, 0.15) is 0 Å². The number of allylic oxidation sites excluding steroid dienone is 1. The van der Waals surface area contributed by atoms with Gasteiger partial charge in [-0.25, -0.2) is 4.39 Å². The van der Waals surface area contributed by atoms with Crippen molar-refractivity contribution < 1.29 is 17.6 Å². The summed E-state index contributed by atoms with van der Waals surface area (Å²) in [5, 5.41) is 0.581. The molecule has 0 saturated heterocycles. The molecule has 0 aliphatic carbocycles. The number of halogens is 5. The largest absolute Gasteiger partial charge is 0.426 e. The minimum Gasteiger partial charge on any atom is -0.229 e. The molecule has 0 aromatic carbocycles. The van der Waals surface area contributed by atoms with Crippen LogP contribution in [0.25, 0.3) is 0 Å². The van der Waals surface area contributed by atoms with Crippen molar-refractivity contribution in [1.29, 1.82) is 0 Å². The fourth-order valence-electron chi connectivity index (χ4n) is 0.836. The number of unbranched alkanes of at least 4 members (excludes halogenated alkanes) is 1. The van der Waals surface area contributed by atoms with Gasteiger partial charge in [0, 0.05) is 5.33 Å². The molecule has 0 nitrogen and oxygen atoms in total. The van der Waals surface area contributed by atoms with Crippen LogP contribution in [0.4, 0.5) is 17.6 Å². The predicted molar refractivity (Wildman–Crippen MR) is 47.7 cm³/mol. The van der Waals surface area contributed by atoms with E-state index in [1.54, 1.807) is 0 Å². The molecule has 0 aromatic heterocycles. The van der Waals surface area contributed by atoms with E-state index in [-0.39, 0.29) is 6.42 Å². The van der Waals surface area contributed by atoms with Gasteiger partial charge in [-0.2, -0.15) is 13.2 Å². The number of alkyl halides is 5. The molecule has 0 N–H and O–H groups in total. The highest BCUT2D eigenvalue weighted by Gasteiger charge is 2.52. The Morgan fingerprint density at radius 1 is 1.15 bits per heavy atom. The first-order chi connectivity index (χ1) is 5.87. The second-order valence-electron chi connectivity index (χ2n) is 2.71. The first-order valence-corrected chi connectivity index (χ1v) is 4.95. The number of hydrogen-bond donors (Lipinski definition) is 0. The van der Waals surface area contributed by atoms with Gasteiger partial charge in [0.2, 0.25) is 5.67 Å². The van der Waals surface area contributed by atoms with E-state index in [2.05, 4.69) is 22.5 Å². The van der Waals surface area contributed by atoms with Crippen molar-refractivity contribution >= 4 is 15.9 Å². The Morgan fingerprint density at radius 2 is 1.69 bits per heavy atom. The Bertz CT molecular complexity index is 166. The van der Waals surface area contributed by atoms with E-state index in [0.717, 1.165) is 0 Å². The summed E-state index contributed by atoms with van der Waals surface area (Å²) in [4.78, 5) is 0. The molecule has 0 saturated carbocycles. The summed E-state index contributed by atoms with van der Waals surface area (Å²) in [7, 11) is 0. The third-order valence-corrected chi connectivity index (χ3v) is 2.28. The van der Waals surface area contributed by atoms with Crippen LogP contribution < -0.4 is 0 Å². The number of rotatable bonds is 5. The van der Waals surface area contributed by atoms with Gasteiger partial charge >= 0.3 is 6.18 Å². The summed E-state index contributed by atoms with van der Waals surface area (Å²) in [5.41, 5.74) is -3.23. The summed E-state index contributed by atoms with van der Waals surface area (Å²) in [6, 6.07) is 0. The second kappa shape index (κ2) is 4.98. The Hall–Kier alpha value is -0.0600. The van der Waals surface area contributed by atoms with E-state index >= 15 is 0 Å². The molecule has 0 bridgehead atoms. The highest BCUT2D eigenvalue weighted by molar-refractivity contribution is 9.09.